The predicted octanol–water partition coefficient (Wildman–Crippen LogP) is 15.8. The van der Waals surface area contributed by atoms with E-state index < -0.39 is 6.10 Å². The smallest absolute Gasteiger partial charge is 0.306 e. The number of carbonyl (C=O) groups excluding carboxylic acids is 3. The van der Waals surface area contributed by atoms with Crippen LogP contribution in [-0.4, -0.2) is 37.2 Å². The van der Waals surface area contributed by atoms with Gasteiger partial charge in [-0.3, -0.25) is 14.4 Å². The summed E-state index contributed by atoms with van der Waals surface area (Å²) in [6.45, 7) is 11.4. The Morgan fingerprint density at radius 3 is 1.02 bits per heavy atom. The molecule has 0 amide bonds. The maximum Gasteiger partial charge on any atom is 0.306 e. The second kappa shape index (κ2) is 43.0. The van der Waals surface area contributed by atoms with Crippen molar-refractivity contribution in [3.63, 3.8) is 0 Å². The highest BCUT2D eigenvalue weighted by atomic mass is 16.6. The molecule has 0 N–H and O–H groups in total. The average Bonchev–Trinajstić information content (AvgIpc) is 3.18. The van der Waals surface area contributed by atoms with E-state index in [-0.39, 0.29) is 31.1 Å². The van der Waals surface area contributed by atoms with Crippen LogP contribution in [0.2, 0.25) is 0 Å². The van der Waals surface area contributed by atoms with E-state index in [1.54, 1.807) is 0 Å². The molecule has 2 atom stereocenters. The summed E-state index contributed by atoms with van der Waals surface area (Å²) in [7, 11) is 0. The lowest BCUT2D eigenvalue weighted by Gasteiger charge is -2.18. The number of ether oxygens (including phenoxy) is 3. The van der Waals surface area contributed by atoms with Gasteiger partial charge in [-0.1, -0.05) is 234 Å². The maximum atomic E-state index is 12.7. The van der Waals surface area contributed by atoms with Gasteiger partial charge in [0.15, 0.2) is 6.10 Å². The first-order valence-electron chi connectivity index (χ1n) is 24.8. The minimum Gasteiger partial charge on any atom is -0.462 e. The van der Waals surface area contributed by atoms with Crippen LogP contribution in [-0.2, 0) is 28.6 Å². The van der Waals surface area contributed by atoms with Gasteiger partial charge in [-0.25, -0.2) is 0 Å². The number of hydrogen-bond acceptors (Lipinski definition) is 6. The Kier molecular flexibility index (Phi) is 41.8. The maximum absolute atomic E-state index is 12.7. The molecule has 0 aliphatic rings. The summed E-state index contributed by atoms with van der Waals surface area (Å²) in [5.41, 5.74) is 0. The number of esters is 3. The molecule has 0 spiro atoms. The Bertz CT molecular complexity index is 856. The molecule has 0 aliphatic heterocycles. The van der Waals surface area contributed by atoms with Crippen LogP contribution >= 0.6 is 0 Å². The number of unbranched alkanes of at least 4 members (excludes halogenated alkanes) is 28. The summed E-state index contributed by atoms with van der Waals surface area (Å²) in [6, 6.07) is 0. The van der Waals surface area contributed by atoms with Crippen LogP contribution in [0.25, 0.3) is 0 Å². The molecule has 0 aromatic rings. The molecule has 1 unspecified atom stereocenters. The van der Waals surface area contributed by atoms with E-state index in [9.17, 15) is 14.4 Å². The molecular weight excluding hydrogens is 697 g/mol. The standard InChI is InChI=1S/C50H96O6/c1-6-8-9-10-11-12-13-14-15-20-27-32-37-42-50(53)56-47(44-55-49(52)41-36-31-26-22-21-23-28-33-38-45(3)4)43-54-48(51)40-35-30-25-19-17-16-18-24-29-34-39-46(5)7-2/h45-47H,6-44H2,1-5H3/t46?,47-/m1/s1. The molecule has 56 heavy (non-hydrogen) atoms. The van der Waals surface area contributed by atoms with Crippen LogP contribution in [0.4, 0.5) is 0 Å². The van der Waals surface area contributed by atoms with Gasteiger partial charge in [-0.05, 0) is 31.1 Å². The molecule has 0 radical (unpaired) electrons. The number of rotatable bonds is 44. The van der Waals surface area contributed by atoms with Gasteiger partial charge in [0.2, 0.25) is 0 Å². The lowest BCUT2D eigenvalue weighted by Crippen LogP contribution is -2.30. The molecule has 0 aromatic carbocycles. The second-order valence-electron chi connectivity index (χ2n) is 17.8. The SMILES string of the molecule is CCCCCCCCCCCCCCCC(=O)O[C@H](COC(=O)CCCCCCCCCCCCC(C)CC)COC(=O)CCCCCCCCCCC(C)C. The van der Waals surface area contributed by atoms with Crippen LogP contribution in [0.5, 0.6) is 0 Å². The second-order valence-corrected chi connectivity index (χ2v) is 17.8. The van der Waals surface area contributed by atoms with E-state index >= 15 is 0 Å². The zero-order valence-corrected chi connectivity index (χ0v) is 38.3. The van der Waals surface area contributed by atoms with Crippen molar-refractivity contribution < 1.29 is 28.6 Å². The zero-order valence-electron chi connectivity index (χ0n) is 38.3. The summed E-state index contributed by atoms with van der Waals surface area (Å²) < 4.78 is 16.8. The highest BCUT2D eigenvalue weighted by Gasteiger charge is 2.19. The van der Waals surface area contributed by atoms with Crippen molar-refractivity contribution in [1.82, 2.24) is 0 Å². The Hall–Kier alpha value is -1.59. The van der Waals surface area contributed by atoms with Gasteiger partial charge in [0, 0.05) is 19.3 Å². The summed E-state index contributed by atoms with van der Waals surface area (Å²) in [5, 5.41) is 0. The first-order valence-corrected chi connectivity index (χ1v) is 24.8. The van der Waals surface area contributed by atoms with Gasteiger partial charge in [0.1, 0.15) is 13.2 Å². The third-order valence-corrected chi connectivity index (χ3v) is 11.6. The molecule has 0 fully saturated rings. The van der Waals surface area contributed by atoms with Gasteiger partial charge >= 0.3 is 17.9 Å². The van der Waals surface area contributed by atoms with E-state index in [0.29, 0.717) is 19.3 Å². The van der Waals surface area contributed by atoms with E-state index in [1.165, 1.54) is 161 Å². The van der Waals surface area contributed by atoms with Gasteiger partial charge in [-0.15, -0.1) is 0 Å². The fourth-order valence-corrected chi connectivity index (χ4v) is 7.43. The zero-order chi connectivity index (χ0) is 41.2. The molecule has 0 heterocycles. The average molecular weight is 793 g/mol. The van der Waals surface area contributed by atoms with Crippen LogP contribution in [0.15, 0.2) is 0 Å². The van der Waals surface area contributed by atoms with Crippen molar-refractivity contribution in [2.24, 2.45) is 11.8 Å². The first kappa shape index (κ1) is 54.4. The summed E-state index contributed by atoms with van der Waals surface area (Å²) in [5.74, 6) is 0.813. The van der Waals surface area contributed by atoms with Gasteiger partial charge in [-0.2, -0.15) is 0 Å². The van der Waals surface area contributed by atoms with E-state index in [0.717, 1.165) is 69.6 Å². The van der Waals surface area contributed by atoms with Gasteiger partial charge < -0.3 is 14.2 Å². The molecule has 0 bridgehead atoms. The highest BCUT2D eigenvalue weighted by molar-refractivity contribution is 5.71. The Morgan fingerprint density at radius 1 is 0.375 bits per heavy atom. The normalized spacial score (nSPS) is 12.5. The third kappa shape index (κ3) is 42.0. The lowest BCUT2D eigenvalue weighted by atomic mass is 9.99. The lowest BCUT2D eigenvalue weighted by molar-refractivity contribution is -0.167. The third-order valence-electron chi connectivity index (χ3n) is 11.6. The minimum atomic E-state index is -0.761. The molecule has 0 rings (SSSR count). The van der Waals surface area contributed by atoms with Gasteiger partial charge in [0.25, 0.3) is 0 Å². The topological polar surface area (TPSA) is 78.9 Å². The first-order chi connectivity index (χ1) is 27.3. The number of carbonyl (C=O) groups is 3. The van der Waals surface area contributed by atoms with Crippen molar-refractivity contribution in [2.45, 2.75) is 278 Å². The molecule has 0 aliphatic carbocycles. The molecule has 0 saturated heterocycles. The van der Waals surface area contributed by atoms with Gasteiger partial charge in [0.05, 0.1) is 0 Å². The molecule has 6 heteroatoms. The van der Waals surface area contributed by atoms with Crippen molar-refractivity contribution >= 4 is 17.9 Å². The fraction of sp³-hybridized carbons (Fsp3) is 0.940. The molecular formula is C50H96O6. The molecule has 0 saturated carbocycles. The Balaban J connectivity index is 4.33. The molecule has 0 aromatic heterocycles. The monoisotopic (exact) mass is 793 g/mol. The highest BCUT2D eigenvalue weighted by Crippen LogP contribution is 2.17. The largest absolute Gasteiger partial charge is 0.462 e. The summed E-state index contributed by atoms with van der Waals surface area (Å²) in [4.78, 5) is 37.8. The van der Waals surface area contributed by atoms with Crippen LogP contribution in [0.3, 0.4) is 0 Å². The minimum absolute atomic E-state index is 0.0645. The van der Waals surface area contributed by atoms with Crippen molar-refractivity contribution in [1.29, 1.82) is 0 Å². The van der Waals surface area contributed by atoms with Crippen LogP contribution in [0.1, 0.15) is 272 Å². The summed E-state index contributed by atoms with van der Waals surface area (Å²) >= 11 is 0. The van der Waals surface area contributed by atoms with E-state index in [4.69, 9.17) is 14.2 Å². The van der Waals surface area contributed by atoms with Crippen molar-refractivity contribution in [2.75, 3.05) is 13.2 Å². The van der Waals surface area contributed by atoms with Crippen molar-refractivity contribution in [3.05, 3.63) is 0 Å². The summed E-state index contributed by atoms with van der Waals surface area (Å²) in [6.07, 6.45) is 42.2. The Labute approximate surface area is 348 Å². The number of hydrogen-bond donors (Lipinski definition) is 0. The van der Waals surface area contributed by atoms with Crippen LogP contribution in [0, 0.1) is 11.8 Å². The van der Waals surface area contributed by atoms with Crippen molar-refractivity contribution in [3.8, 4) is 0 Å². The van der Waals surface area contributed by atoms with E-state index in [2.05, 4.69) is 34.6 Å². The van der Waals surface area contributed by atoms with Crippen LogP contribution < -0.4 is 0 Å². The molecule has 6 nitrogen and oxygen atoms in total. The Morgan fingerprint density at radius 2 is 0.679 bits per heavy atom. The van der Waals surface area contributed by atoms with E-state index in [1.807, 2.05) is 0 Å². The molecule has 332 valence electrons. The quantitative estimate of drug-likeness (QED) is 0.0347. The fourth-order valence-electron chi connectivity index (χ4n) is 7.43. The predicted molar refractivity (Wildman–Crippen MR) is 238 cm³/mol.